The molecule has 1 saturated carbocycles. The quantitative estimate of drug-likeness (QED) is 0.688. The van der Waals surface area contributed by atoms with Gasteiger partial charge < -0.3 is 15.2 Å². The number of nitrogens with zero attached hydrogens (tertiary/aromatic N) is 4. The predicted octanol–water partition coefficient (Wildman–Crippen LogP) is 4.55. The molecule has 6 nitrogen and oxygen atoms in total. The summed E-state index contributed by atoms with van der Waals surface area (Å²) in [5, 5.41) is 1.61. The van der Waals surface area contributed by atoms with Crippen molar-refractivity contribution in [2.24, 2.45) is 0 Å². The number of halogens is 1. The van der Waals surface area contributed by atoms with E-state index in [4.69, 9.17) is 17.3 Å². The summed E-state index contributed by atoms with van der Waals surface area (Å²) >= 11 is 6.78. The highest BCUT2D eigenvalue weighted by molar-refractivity contribution is 6.35. The number of nitrogens with two attached hydrogens (primary N) is 1. The van der Waals surface area contributed by atoms with Gasteiger partial charge in [0.25, 0.3) is 5.91 Å². The lowest BCUT2D eigenvalue weighted by Crippen LogP contribution is -2.42. The Kier molecular flexibility index (Phi) is 4.66. The van der Waals surface area contributed by atoms with E-state index in [2.05, 4.69) is 16.0 Å². The lowest BCUT2D eigenvalue weighted by atomic mass is 9.80. The van der Waals surface area contributed by atoms with Gasteiger partial charge in [-0.1, -0.05) is 30.9 Å². The zero-order chi connectivity index (χ0) is 20.0. The number of amides is 1. The second-order valence-electron chi connectivity index (χ2n) is 8.05. The number of likely N-dealkylation sites (tertiary alicyclic amines) is 1. The molecular weight excluding hydrogens is 386 g/mol. The molecule has 1 aliphatic carbocycles. The molecule has 2 aliphatic rings. The minimum atomic E-state index is 0.0720. The first-order valence-electron chi connectivity index (χ1n) is 10.3. The van der Waals surface area contributed by atoms with Gasteiger partial charge in [0, 0.05) is 30.7 Å². The Morgan fingerprint density at radius 1 is 1.10 bits per heavy atom. The number of hydrogen-bond donors (Lipinski definition) is 1. The number of carbonyl (C=O) groups excluding carboxylic acids is 1. The number of fused-ring (bicyclic) bond motifs is 1. The minimum Gasteiger partial charge on any atom is -0.384 e. The van der Waals surface area contributed by atoms with Crippen molar-refractivity contribution < 1.29 is 4.79 Å². The van der Waals surface area contributed by atoms with Gasteiger partial charge in [-0.2, -0.15) is 0 Å². The number of nitrogen functional groups attached to an aromatic ring is 1. The summed E-state index contributed by atoms with van der Waals surface area (Å²) in [6.07, 6.45) is 10.3. The first kappa shape index (κ1) is 18.4. The minimum absolute atomic E-state index is 0.0720. The Balaban J connectivity index is 1.72. The van der Waals surface area contributed by atoms with E-state index in [1.165, 1.54) is 25.6 Å². The Morgan fingerprint density at radius 2 is 1.90 bits per heavy atom. The maximum absolute atomic E-state index is 13.3. The summed E-state index contributed by atoms with van der Waals surface area (Å²) in [5.74, 6) is 1.54. The third-order valence-electron chi connectivity index (χ3n) is 6.28. The van der Waals surface area contributed by atoms with Gasteiger partial charge in [-0.05, 0) is 42.9 Å². The molecule has 1 aromatic carbocycles. The number of aromatic nitrogens is 3. The van der Waals surface area contributed by atoms with Crippen LogP contribution in [0.25, 0.3) is 16.7 Å². The molecule has 0 radical (unpaired) electrons. The molecule has 0 bridgehead atoms. The van der Waals surface area contributed by atoms with Crippen LogP contribution in [0.4, 0.5) is 5.82 Å². The third-order valence-corrected chi connectivity index (χ3v) is 6.58. The van der Waals surface area contributed by atoms with Crippen LogP contribution in [-0.4, -0.2) is 38.4 Å². The Hall–Kier alpha value is -2.60. The fourth-order valence-corrected chi connectivity index (χ4v) is 4.96. The number of rotatable bonds is 3. The molecule has 5 rings (SSSR count). The fraction of sp³-hybridized carbons (Fsp3) is 0.409. The molecule has 7 heteroatoms. The van der Waals surface area contributed by atoms with Crippen LogP contribution in [-0.2, 0) is 0 Å². The van der Waals surface area contributed by atoms with Gasteiger partial charge in [-0.15, -0.1) is 0 Å². The van der Waals surface area contributed by atoms with Crippen molar-refractivity contribution in [3.8, 4) is 5.82 Å². The van der Waals surface area contributed by atoms with E-state index >= 15 is 0 Å². The Morgan fingerprint density at radius 3 is 2.59 bits per heavy atom. The highest BCUT2D eigenvalue weighted by Crippen LogP contribution is 2.42. The summed E-state index contributed by atoms with van der Waals surface area (Å²) in [5.41, 5.74) is 8.63. The van der Waals surface area contributed by atoms with E-state index in [0.29, 0.717) is 28.1 Å². The fourth-order valence-electron chi connectivity index (χ4n) is 4.68. The van der Waals surface area contributed by atoms with E-state index in [1.54, 1.807) is 6.07 Å². The second kappa shape index (κ2) is 7.34. The van der Waals surface area contributed by atoms with E-state index in [9.17, 15) is 4.79 Å². The third kappa shape index (κ3) is 3.15. The lowest BCUT2D eigenvalue weighted by molar-refractivity contribution is 0.0650. The van der Waals surface area contributed by atoms with Crippen LogP contribution >= 0.6 is 11.6 Å². The molecule has 2 N–H and O–H groups in total. The normalized spacial score (nSPS) is 17.5. The molecule has 2 fully saturated rings. The molecule has 29 heavy (non-hydrogen) atoms. The Labute approximate surface area is 174 Å². The van der Waals surface area contributed by atoms with Gasteiger partial charge in [0.05, 0.1) is 16.1 Å². The largest absolute Gasteiger partial charge is 0.384 e. The summed E-state index contributed by atoms with van der Waals surface area (Å²) < 4.78 is 1.98. The SMILES string of the molecule is Nc1cc(-n2ccc3c(C4CCCCC4)c(C(=O)N4CCC4)c(Cl)cc32)ncn1. The van der Waals surface area contributed by atoms with Crippen LogP contribution < -0.4 is 5.73 Å². The predicted molar refractivity (Wildman–Crippen MR) is 115 cm³/mol. The molecule has 1 amide bonds. The van der Waals surface area contributed by atoms with Crippen molar-refractivity contribution in [2.45, 2.75) is 44.4 Å². The van der Waals surface area contributed by atoms with Crippen LogP contribution in [0.3, 0.4) is 0 Å². The summed E-state index contributed by atoms with van der Waals surface area (Å²) in [7, 11) is 0. The molecule has 3 aromatic rings. The number of carbonyl (C=O) groups is 1. The second-order valence-corrected chi connectivity index (χ2v) is 8.45. The van der Waals surface area contributed by atoms with Gasteiger partial charge in [0.2, 0.25) is 0 Å². The summed E-state index contributed by atoms with van der Waals surface area (Å²) in [4.78, 5) is 23.5. The highest BCUT2D eigenvalue weighted by Gasteiger charge is 2.31. The summed E-state index contributed by atoms with van der Waals surface area (Å²) in [6, 6.07) is 5.72. The van der Waals surface area contributed by atoms with Crippen molar-refractivity contribution >= 4 is 34.2 Å². The average molecular weight is 410 g/mol. The first-order valence-corrected chi connectivity index (χ1v) is 10.7. The number of hydrogen-bond acceptors (Lipinski definition) is 4. The van der Waals surface area contributed by atoms with Crippen molar-refractivity contribution in [1.82, 2.24) is 19.4 Å². The molecule has 2 aromatic heterocycles. The van der Waals surface area contributed by atoms with Crippen molar-refractivity contribution in [2.75, 3.05) is 18.8 Å². The van der Waals surface area contributed by atoms with Gasteiger partial charge in [0.15, 0.2) is 0 Å². The van der Waals surface area contributed by atoms with E-state index < -0.39 is 0 Å². The van der Waals surface area contributed by atoms with Gasteiger partial charge in [-0.3, -0.25) is 4.79 Å². The lowest BCUT2D eigenvalue weighted by Gasteiger charge is -2.33. The molecular formula is C22H24ClN5O. The standard InChI is InChI=1S/C22H24ClN5O/c23-16-11-17-15(7-10-28(17)19-12-18(24)25-13-26-19)20(14-5-2-1-3-6-14)21(16)22(29)27-8-4-9-27/h7,10-14H,1-6,8-9H2,(H2,24,25,26). The molecule has 0 atom stereocenters. The van der Waals surface area contributed by atoms with Crippen molar-refractivity contribution in [1.29, 1.82) is 0 Å². The average Bonchev–Trinajstić information content (AvgIpc) is 3.09. The molecule has 0 unspecified atom stereocenters. The first-order chi connectivity index (χ1) is 14.1. The highest BCUT2D eigenvalue weighted by atomic mass is 35.5. The van der Waals surface area contributed by atoms with E-state index in [0.717, 1.165) is 48.8 Å². The molecule has 1 aliphatic heterocycles. The van der Waals surface area contributed by atoms with Crippen LogP contribution in [0, 0.1) is 0 Å². The van der Waals surface area contributed by atoms with Gasteiger partial charge >= 0.3 is 0 Å². The van der Waals surface area contributed by atoms with Crippen LogP contribution in [0.2, 0.25) is 5.02 Å². The number of anilines is 1. The topological polar surface area (TPSA) is 77.0 Å². The van der Waals surface area contributed by atoms with Crippen LogP contribution in [0.15, 0.2) is 30.7 Å². The molecule has 1 saturated heterocycles. The molecule has 3 heterocycles. The van der Waals surface area contributed by atoms with Crippen LogP contribution in [0.5, 0.6) is 0 Å². The molecule has 150 valence electrons. The zero-order valence-electron chi connectivity index (χ0n) is 16.3. The van der Waals surface area contributed by atoms with E-state index in [1.807, 2.05) is 21.7 Å². The van der Waals surface area contributed by atoms with Gasteiger partial charge in [-0.25, -0.2) is 9.97 Å². The summed E-state index contributed by atoms with van der Waals surface area (Å²) in [6.45, 7) is 1.64. The molecule has 0 spiro atoms. The van der Waals surface area contributed by atoms with Gasteiger partial charge in [0.1, 0.15) is 18.0 Å². The Bertz CT molecular complexity index is 1080. The van der Waals surface area contributed by atoms with E-state index in [-0.39, 0.29) is 5.91 Å². The maximum Gasteiger partial charge on any atom is 0.255 e. The van der Waals surface area contributed by atoms with Crippen molar-refractivity contribution in [3.05, 3.63) is 46.9 Å². The smallest absolute Gasteiger partial charge is 0.255 e. The number of benzene rings is 1. The zero-order valence-corrected chi connectivity index (χ0v) is 17.0. The monoisotopic (exact) mass is 409 g/mol. The van der Waals surface area contributed by atoms with Crippen LogP contribution in [0.1, 0.15) is 60.4 Å². The van der Waals surface area contributed by atoms with Crippen molar-refractivity contribution in [3.63, 3.8) is 0 Å². The maximum atomic E-state index is 13.3.